The average molecular weight is 267 g/mol. The second kappa shape index (κ2) is 5.46. The van der Waals surface area contributed by atoms with E-state index in [1.54, 1.807) is 20.1 Å². The van der Waals surface area contributed by atoms with Crippen LogP contribution in [0.3, 0.4) is 0 Å². The molecule has 2 aromatic carbocycles. The lowest BCUT2D eigenvalue weighted by Gasteiger charge is -2.14. The molecular formula is C14H15ClO3. The number of rotatable bonds is 4. The quantitative estimate of drug-likeness (QED) is 0.923. The molecule has 96 valence electrons. The number of methoxy groups -OCH3 is 1. The third kappa shape index (κ3) is 2.52. The van der Waals surface area contributed by atoms with Crippen LogP contribution in [0.1, 0.15) is 6.92 Å². The van der Waals surface area contributed by atoms with Crippen molar-refractivity contribution in [2.75, 3.05) is 13.7 Å². The third-order valence-electron chi connectivity index (χ3n) is 2.60. The summed E-state index contributed by atoms with van der Waals surface area (Å²) >= 11 is 6.18. The fraction of sp³-hybridized carbons (Fsp3) is 0.286. The van der Waals surface area contributed by atoms with Crippen molar-refractivity contribution in [2.24, 2.45) is 0 Å². The molecule has 0 aliphatic heterocycles. The number of benzene rings is 2. The summed E-state index contributed by atoms with van der Waals surface area (Å²) in [4.78, 5) is 0. The van der Waals surface area contributed by atoms with Gasteiger partial charge in [-0.05, 0) is 6.92 Å². The largest absolute Gasteiger partial charge is 0.496 e. The SMILES string of the molecule is COc1cc(Cl)c(OCC(C)O)c2ccccc12. The fourth-order valence-electron chi connectivity index (χ4n) is 1.80. The molecule has 0 heterocycles. The van der Waals surface area contributed by atoms with Crippen molar-refractivity contribution in [1.82, 2.24) is 0 Å². The molecule has 0 aromatic heterocycles. The van der Waals surface area contributed by atoms with E-state index in [0.717, 1.165) is 10.8 Å². The van der Waals surface area contributed by atoms with Crippen molar-refractivity contribution in [3.8, 4) is 11.5 Å². The highest BCUT2D eigenvalue weighted by Gasteiger charge is 2.13. The van der Waals surface area contributed by atoms with Gasteiger partial charge in [0.25, 0.3) is 0 Å². The zero-order valence-corrected chi connectivity index (χ0v) is 11.1. The number of fused-ring (bicyclic) bond motifs is 1. The van der Waals surface area contributed by atoms with Gasteiger partial charge in [0, 0.05) is 16.8 Å². The molecule has 0 spiro atoms. The van der Waals surface area contributed by atoms with Gasteiger partial charge in [0.2, 0.25) is 0 Å². The number of aliphatic hydroxyl groups excluding tert-OH is 1. The second-order valence-electron chi connectivity index (χ2n) is 4.10. The summed E-state index contributed by atoms with van der Waals surface area (Å²) in [6.07, 6.45) is -0.540. The molecule has 2 rings (SSSR count). The summed E-state index contributed by atoms with van der Waals surface area (Å²) in [5.41, 5.74) is 0. The molecule has 1 N–H and O–H groups in total. The van der Waals surface area contributed by atoms with Crippen molar-refractivity contribution in [2.45, 2.75) is 13.0 Å². The standard InChI is InChI=1S/C14H15ClO3/c1-9(16)8-18-14-11-6-4-3-5-10(11)13(17-2)7-12(14)15/h3-7,9,16H,8H2,1-2H3. The Hall–Kier alpha value is -1.45. The Labute approximate surface area is 111 Å². The Morgan fingerprint density at radius 1 is 1.28 bits per heavy atom. The van der Waals surface area contributed by atoms with Crippen molar-refractivity contribution in [3.05, 3.63) is 35.4 Å². The van der Waals surface area contributed by atoms with E-state index >= 15 is 0 Å². The number of hydrogen-bond acceptors (Lipinski definition) is 3. The van der Waals surface area contributed by atoms with E-state index in [4.69, 9.17) is 21.1 Å². The molecule has 0 aliphatic carbocycles. The summed E-state index contributed by atoms with van der Waals surface area (Å²) in [6, 6.07) is 9.42. The molecule has 0 aliphatic rings. The van der Waals surface area contributed by atoms with Crippen LogP contribution in [0.5, 0.6) is 11.5 Å². The molecule has 1 unspecified atom stereocenters. The zero-order valence-electron chi connectivity index (χ0n) is 10.3. The normalized spacial score (nSPS) is 12.4. The number of hydrogen-bond donors (Lipinski definition) is 1. The van der Waals surface area contributed by atoms with Gasteiger partial charge in [-0.15, -0.1) is 0 Å². The number of aliphatic hydroxyl groups is 1. The van der Waals surface area contributed by atoms with Crippen molar-refractivity contribution in [3.63, 3.8) is 0 Å². The van der Waals surface area contributed by atoms with Gasteiger partial charge >= 0.3 is 0 Å². The monoisotopic (exact) mass is 266 g/mol. The van der Waals surface area contributed by atoms with Gasteiger partial charge in [-0.2, -0.15) is 0 Å². The van der Waals surface area contributed by atoms with Crippen LogP contribution >= 0.6 is 11.6 Å². The van der Waals surface area contributed by atoms with Crippen LogP contribution in [-0.2, 0) is 0 Å². The van der Waals surface area contributed by atoms with E-state index in [0.29, 0.717) is 16.5 Å². The molecule has 3 nitrogen and oxygen atoms in total. The van der Waals surface area contributed by atoms with Crippen LogP contribution in [0.15, 0.2) is 30.3 Å². The molecule has 0 amide bonds. The summed E-state index contributed by atoms with van der Waals surface area (Å²) in [7, 11) is 1.61. The van der Waals surface area contributed by atoms with Gasteiger partial charge < -0.3 is 14.6 Å². The maximum absolute atomic E-state index is 9.28. The first-order valence-corrected chi connectivity index (χ1v) is 6.07. The van der Waals surface area contributed by atoms with E-state index in [-0.39, 0.29) is 6.61 Å². The molecule has 2 aromatic rings. The minimum absolute atomic E-state index is 0.204. The minimum atomic E-state index is -0.540. The molecule has 18 heavy (non-hydrogen) atoms. The first kappa shape index (κ1) is 13.0. The van der Waals surface area contributed by atoms with Gasteiger partial charge in [0.1, 0.15) is 18.1 Å². The fourth-order valence-corrected chi connectivity index (χ4v) is 2.06. The smallest absolute Gasteiger partial charge is 0.146 e. The van der Waals surface area contributed by atoms with Crippen LogP contribution in [0.2, 0.25) is 5.02 Å². The Bertz CT molecular complexity index is 552. The molecule has 0 saturated carbocycles. The zero-order chi connectivity index (χ0) is 13.1. The maximum atomic E-state index is 9.28. The van der Waals surface area contributed by atoms with Crippen molar-refractivity contribution >= 4 is 22.4 Å². The first-order chi connectivity index (χ1) is 8.63. The molecule has 1 atom stereocenters. The van der Waals surface area contributed by atoms with Gasteiger partial charge in [-0.25, -0.2) is 0 Å². The van der Waals surface area contributed by atoms with Crippen molar-refractivity contribution < 1.29 is 14.6 Å². The average Bonchev–Trinajstić information content (AvgIpc) is 2.36. The lowest BCUT2D eigenvalue weighted by atomic mass is 10.1. The first-order valence-electron chi connectivity index (χ1n) is 5.69. The summed E-state index contributed by atoms with van der Waals surface area (Å²) in [5.74, 6) is 1.29. The van der Waals surface area contributed by atoms with Gasteiger partial charge in [0.15, 0.2) is 0 Å². The minimum Gasteiger partial charge on any atom is -0.496 e. The maximum Gasteiger partial charge on any atom is 0.146 e. The van der Waals surface area contributed by atoms with Crippen LogP contribution in [-0.4, -0.2) is 24.9 Å². The highest BCUT2D eigenvalue weighted by molar-refractivity contribution is 6.33. The predicted octanol–water partition coefficient (Wildman–Crippen LogP) is 3.26. The molecule has 0 bridgehead atoms. The summed E-state index contributed by atoms with van der Waals surface area (Å²) < 4.78 is 10.9. The van der Waals surface area contributed by atoms with Gasteiger partial charge in [-0.3, -0.25) is 0 Å². The van der Waals surface area contributed by atoms with E-state index in [1.807, 2.05) is 24.3 Å². The number of halogens is 1. The highest BCUT2D eigenvalue weighted by Crippen LogP contribution is 2.39. The lowest BCUT2D eigenvalue weighted by molar-refractivity contribution is 0.123. The Morgan fingerprint density at radius 3 is 2.56 bits per heavy atom. The summed E-state index contributed by atoms with van der Waals surface area (Å²) in [6.45, 7) is 1.87. The molecule has 0 fully saturated rings. The third-order valence-corrected chi connectivity index (χ3v) is 2.88. The highest BCUT2D eigenvalue weighted by atomic mass is 35.5. The Kier molecular flexibility index (Phi) is 3.94. The van der Waals surface area contributed by atoms with E-state index in [1.165, 1.54) is 0 Å². The van der Waals surface area contributed by atoms with Crippen molar-refractivity contribution in [1.29, 1.82) is 0 Å². The van der Waals surface area contributed by atoms with E-state index in [9.17, 15) is 5.11 Å². The van der Waals surface area contributed by atoms with Gasteiger partial charge in [-0.1, -0.05) is 35.9 Å². The van der Waals surface area contributed by atoms with Gasteiger partial charge in [0.05, 0.1) is 18.2 Å². The van der Waals surface area contributed by atoms with E-state index in [2.05, 4.69) is 0 Å². The molecule has 4 heteroatoms. The van der Waals surface area contributed by atoms with Crippen LogP contribution in [0, 0.1) is 0 Å². The molecule has 0 radical (unpaired) electrons. The van der Waals surface area contributed by atoms with Crippen LogP contribution < -0.4 is 9.47 Å². The predicted molar refractivity (Wildman–Crippen MR) is 72.7 cm³/mol. The molecule has 0 saturated heterocycles. The Morgan fingerprint density at radius 2 is 1.94 bits per heavy atom. The van der Waals surface area contributed by atoms with Crippen LogP contribution in [0.4, 0.5) is 0 Å². The summed E-state index contributed by atoms with van der Waals surface area (Å²) in [5, 5.41) is 11.6. The number of ether oxygens (including phenoxy) is 2. The topological polar surface area (TPSA) is 38.7 Å². The van der Waals surface area contributed by atoms with Crippen LogP contribution in [0.25, 0.3) is 10.8 Å². The lowest BCUT2D eigenvalue weighted by Crippen LogP contribution is -2.13. The second-order valence-corrected chi connectivity index (χ2v) is 4.50. The molecular weight excluding hydrogens is 252 g/mol. The van der Waals surface area contributed by atoms with E-state index < -0.39 is 6.10 Å². The Balaban J connectivity index is 2.55.